The SMILES string of the molecule is CCC(=O)CCCCCNC(=O)CN(CC(=O)NCCCCCC(=O)N1CC(C(=O)CCCO[C@@H]2O[C@@H](C)[C@@H](O)[C@@H](O)[C@@H]2O)CC(C(=O)NCCO[C@@H]2O[C@@H](C)[C@@H](O)[C@@H](O)[C@@H]2O)C1)CC(=O)NCCO[C@H]1O[C@H](CO[C@H]2O[C@H](CO)[C@@H](O)[C@H](O)[C@@H]2O)[C@@H](O)[C@H](O[C@H]2O[C@H](CO)[C@@H](O)[C@H](O)[C@@H]2O)[C@@H]1O. The zero-order valence-corrected chi connectivity index (χ0v) is 58.2. The number of rotatable bonds is 41. The highest BCUT2D eigenvalue weighted by Crippen LogP contribution is 2.33. The van der Waals surface area contributed by atoms with Crippen LogP contribution >= 0.6 is 0 Å². The Bertz CT molecular complexity index is 2550. The fourth-order valence-corrected chi connectivity index (χ4v) is 12.5. The molecule has 6 heterocycles. The number of aliphatic hydroxyl groups excluding tert-OH is 16. The molecule has 0 bridgehead atoms. The number of carbonyl (C=O) groups is 7. The smallest absolute Gasteiger partial charge is 0.234 e. The first-order valence-corrected chi connectivity index (χ1v) is 35.3. The molecule has 0 aromatic heterocycles. The van der Waals surface area contributed by atoms with Crippen molar-refractivity contribution in [2.24, 2.45) is 11.8 Å². The van der Waals surface area contributed by atoms with Crippen LogP contribution in [0.25, 0.3) is 0 Å². The molecular weight excluding hydrogens is 1380 g/mol. The number of carbonyl (C=O) groups excluding carboxylic acids is 7. The van der Waals surface area contributed by atoms with Crippen LogP contribution in [0, 0.1) is 11.8 Å². The van der Waals surface area contributed by atoms with Gasteiger partial charge in [0.1, 0.15) is 121 Å². The molecule has 27 atom stereocenters. The summed E-state index contributed by atoms with van der Waals surface area (Å²) in [6.45, 7) is 0.129. The minimum atomic E-state index is -2.00. The predicted molar refractivity (Wildman–Crippen MR) is 345 cm³/mol. The lowest BCUT2D eigenvalue weighted by molar-refractivity contribution is -0.366. The van der Waals surface area contributed by atoms with Gasteiger partial charge in [0.2, 0.25) is 29.5 Å². The van der Waals surface area contributed by atoms with Gasteiger partial charge in [-0.3, -0.25) is 38.5 Å². The first-order chi connectivity index (χ1) is 49.0. The Balaban J connectivity index is 1.01. The van der Waals surface area contributed by atoms with E-state index in [2.05, 4.69) is 21.3 Å². The van der Waals surface area contributed by atoms with Crippen LogP contribution < -0.4 is 21.3 Å². The molecule has 39 nitrogen and oxygen atoms in total. The third-order valence-electron chi connectivity index (χ3n) is 18.9. The highest BCUT2D eigenvalue weighted by molar-refractivity contribution is 5.86. The molecular formula is C64H110N6O33. The van der Waals surface area contributed by atoms with Crippen molar-refractivity contribution < 1.29 is 163 Å². The number of nitrogens with zero attached hydrogens (tertiary/aromatic N) is 2. The van der Waals surface area contributed by atoms with Gasteiger partial charge in [-0.25, -0.2) is 0 Å². The zero-order chi connectivity index (χ0) is 75.8. The first-order valence-electron chi connectivity index (χ1n) is 35.3. The van der Waals surface area contributed by atoms with Crippen LogP contribution in [0.15, 0.2) is 0 Å². The van der Waals surface area contributed by atoms with Crippen LogP contribution in [0.4, 0.5) is 0 Å². The number of aliphatic hydroxyl groups is 16. The molecule has 2 unspecified atom stereocenters. The Labute approximate surface area is 594 Å². The minimum Gasteiger partial charge on any atom is -0.394 e. The van der Waals surface area contributed by atoms with E-state index in [0.717, 1.165) is 0 Å². The maximum absolute atomic E-state index is 13.9. The molecule has 20 N–H and O–H groups in total. The number of Topliss-reactive ketones (excluding diaryl/α,β-unsaturated/α-hetero) is 2. The first kappa shape index (κ1) is 87.5. The lowest BCUT2D eigenvalue weighted by Gasteiger charge is -2.46. The van der Waals surface area contributed by atoms with Crippen molar-refractivity contribution in [3.05, 3.63) is 0 Å². The summed E-state index contributed by atoms with van der Waals surface area (Å²) in [6.07, 6.45) is -36.1. The van der Waals surface area contributed by atoms with E-state index >= 15 is 0 Å². The number of piperidine rings is 1. The zero-order valence-electron chi connectivity index (χ0n) is 58.2. The van der Waals surface area contributed by atoms with Crippen molar-refractivity contribution in [2.45, 2.75) is 251 Å². The van der Waals surface area contributed by atoms with E-state index in [0.29, 0.717) is 51.4 Å². The summed E-state index contributed by atoms with van der Waals surface area (Å²) in [6, 6.07) is 0. The van der Waals surface area contributed by atoms with E-state index < -0.39 is 235 Å². The molecule has 5 amide bonds. The van der Waals surface area contributed by atoms with Crippen LogP contribution in [-0.4, -0.2) is 385 Å². The van der Waals surface area contributed by atoms with E-state index in [1.165, 1.54) is 23.6 Å². The Morgan fingerprint density at radius 1 is 0.427 bits per heavy atom. The van der Waals surface area contributed by atoms with Crippen LogP contribution in [-0.2, 0) is 80.9 Å². The van der Waals surface area contributed by atoms with E-state index in [1.54, 1.807) is 6.92 Å². The van der Waals surface area contributed by atoms with Gasteiger partial charge in [0.25, 0.3) is 0 Å². The summed E-state index contributed by atoms with van der Waals surface area (Å²) in [4.78, 5) is 96.0. The number of ether oxygens (including phenoxy) is 10. The Morgan fingerprint density at radius 2 is 0.864 bits per heavy atom. The second kappa shape index (κ2) is 43.6. The van der Waals surface area contributed by atoms with E-state index in [-0.39, 0.29) is 95.6 Å². The summed E-state index contributed by atoms with van der Waals surface area (Å²) >= 11 is 0. The number of amides is 5. The minimum absolute atomic E-state index is 0.00196. The molecule has 103 heavy (non-hydrogen) atoms. The van der Waals surface area contributed by atoms with Crippen LogP contribution in [0.3, 0.4) is 0 Å². The molecule has 0 saturated carbocycles. The maximum Gasteiger partial charge on any atom is 0.234 e. The normalized spacial score (nSPS) is 36.4. The van der Waals surface area contributed by atoms with Gasteiger partial charge < -0.3 is 155 Å². The van der Waals surface area contributed by atoms with Gasteiger partial charge in [-0.05, 0) is 52.4 Å². The van der Waals surface area contributed by atoms with Crippen LogP contribution in [0.1, 0.15) is 97.8 Å². The largest absolute Gasteiger partial charge is 0.394 e. The molecule has 39 heteroatoms. The number of hydrogen-bond donors (Lipinski definition) is 20. The average Bonchev–Trinajstić information content (AvgIpc) is 0.788. The summed E-state index contributed by atoms with van der Waals surface area (Å²) in [7, 11) is 0. The van der Waals surface area contributed by atoms with Crippen molar-refractivity contribution in [1.29, 1.82) is 0 Å². The van der Waals surface area contributed by atoms with Gasteiger partial charge in [0.15, 0.2) is 31.5 Å². The second-order valence-corrected chi connectivity index (χ2v) is 26.8. The molecule has 6 aliphatic heterocycles. The number of hydrogen-bond acceptors (Lipinski definition) is 34. The number of unbranched alkanes of at least 4 members (excludes halogenated alkanes) is 4. The molecule has 6 aliphatic rings. The van der Waals surface area contributed by atoms with Gasteiger partial charge in [0, 0.05) is 70.9 Å². The van der Waals surface area contributed by atoms with Gasteiger partial charge in [-0.15, -0.1) is 0 Å². The average molecular weight is 1490 g/mol. The van der Waals surface area contributed by atoms with Crippen LogP contribution in [0.2, 0.25) is 0 Å². The molecule has 594 valence electrons. The Morgan fingerprint density at radius 3 is 1.39 bits per heavy atom. The van der Waals surface area contributed by atoms with Gasteiger partial charge >= 0.3 is 0 Å². The standard InChI is InChI=1S/C64H110N6O33/c1-4-35(73)12-7-5-9-15-65-40(75)25-69(27-42(77)67-17-20-96-63-57(92)58(103-64-56(91)52(87)47(82)38(29-72)101-64)48(83)39(102-63)30-97-62-55(90)51(86)46(81)37(28-71)100-62)26-41(76)66-16-10-6-8-14-43(78)70-23-33(36(74)13-11-19-94-60-53(88)49(84)44(79)31(2)98-60)22-34(24-70)59(93)68-18-21-95-61-54(89)50(85)45(80)32(3)99-61/h31-34,37-39,44-58,60-64,71-72,79-92H,4-30H2,1-3H3,(H,65,75)(H,66,76)(H,67,77)(H,68,93)/t31-,32-,33?,34?,37+,38+,39+,44+,45+,46+,47+,48+,49+,50+,51-,52-,53-,54-,55-,56-,57-,58-,60+,61+,62-,63-,64+/m0/s1. The fraction of sp³-hybridized carbons (Fsp3) is 0.891. The van der Waals surface area contributed by atoms with Crippen molar-refractivity contribution in [3.8, 4) is 0 Å². The topological polar surface area (TPSA) is 590 Å². The van der Waals surface area contributed by atoms with Crippen molar-refractivity contribution in [1.82, 2.24) is 31.1 Å². The maximum atomic E-state index is 13.9. The lowest BCUT2D eigenvalue weighted by atomic mass is 9.84. The fourth-order valence-electron chi connectivity index (χ4n) is 12.5. The van der Waals surface area contributed by atoms with Crippen molar-refractivity contribution in [3.63, 3.8) is 0 Å². The molecule has 0 spiro atoms. The van der Waals surface area contributed by atoms with Gasteiger partial charge in [-0.2, -0.15) is 0 Å². The summed E-state index contributed by atoms with van der Waals surface area (Å²) in [5.41, 5.74) is 0. The predicted octanol–water partition coefficient (Wildman–Crippen LogP) is -10.2. The number of likely N-dealkylation sites (tertiary alicyclic amines) is 1. The third-order valence-corrected chi connectivity index (χ3v) is 18.9. The monoisotopic (exact) mass is 1490 g/mol. The summed E-state index contributed by atoms with van der Waals surface area (Å²) in [5, 5.41) is 177. The third kappa shape index (κ3) is 25.9. The van der Waals surface area contributed by atoms with E-state index in [1.807, 2.05) is 0 Å². The molecule has 6 rings (SSSR count). The summed E-state index contributed by atoms with van der Waals surface area (Å²) < 4.78 is 55.8. The molecule has 0 aromatic rings. The Hall–Kier alpha value is -4.39. The van der Waals surface area contributed by atoms with Crippen LogP contribution in [0.5, 0.6) is 0 Å². The van der Waals surface area contributed by atoms with Crippen molar-refractivity contribution >= 4 is 41.1 Å². The van der Waals surface area contributed by atoms with E-state index in [9.17, 15) is 115 Å². The van der Waals surface area contributed by atoms with Gasteiger partial charge in [-0.1, -0.05) is 19.8 Å². The lowest BCUT2D eigenvalue weighted by Crippen LogP contribution is -2.65. The molecule has 0 radical (unpaired) electrons. The molecule has 0 aliphatic carbocycles. The highest BCUT2D eigenvalue weighted by Gasteiger charge is 2.53. The second-order valence-electron chi connectivity index (χ2n) is 26.8. The molecule has 6 fully saturated rings. The Kier molecular flexibility index (Phi) is 37.0. The highest BCUT2D eigenvalue weighted by atomic mass is 16.8. The molecule has 0 aromatic carbocycles. The number of ketones is 2. The quantitative estimate of drug-likeness (QED) is 0.0253. The van der Waals surface area contributed by atoms with Crippen molar-refractivity contribution in [2.75, 3.05) is 98.5 Å². The summed E-state index contributed by atoms with van der Waals surface area (Å²) in [5.74, 6) is -4.47. The van der Waals surface area contributed by atoms with E-state index in [4.69, 9.17) is 47.4 Å². The number of nitrogens with one attached hydrogen (secondary N) is 4. The molecule has 6 saturated heterocycles. The van der Waals surface area contributed by atoms with Gasteiger partial charge in [0.05, 0.1) is 77.4 Å².